The highest BCUT2D eigenvalue weighted by atomic mass is 16.3. The van der Waals surface area contributed by atoms with Crippen molar-refractivity contribution >= 4 is 105 Å². The predicted octanol–water partition coefficient (Wildman–Crippen LogP) is 19.9. The Labute approximate surface area is 428 Å². The maximum Gasteiger partial charge on any atom is 0.159 e. The lowest BCUT2D eigenvalue weighted by Gasteiger charge is -2.27. The highest BCUT2D eigenvalue weighted by Gasteiger charge is 2.33. The third-order valence-corrected chi connectivity index (χ3v) is 15.3. The summed E-state index contributed by atoms with van der Waals surface area (Å²) in [7, 11) is 0. The zero-order valence-corrected chi connectivity index (χ0v) is 40.3. The number of hydrogen-bond donors (Lipinski definition) is 0. The molecule has 13 aromatic rings. The summed E-state index contributed by atoms with van der Waals surface area (Å²) in [6, 6.07) is 83.1. The fourth-order valence-corrected chi connectivity index (χ4v) is 11.8. The van der Waals surface area contributed by atoms with Crippen LogP contribution in [0.25, 0.3) is 93.6 Å². The van der Waals surface area contributed by atoms with Crippen LogP contribution in [0.15, 0.2) is 270 Å². The van der Waals surface area contributed by atoms with Crippen LogP contribution in [0, 0.1) is 5.92 Å². The van der Waals surface area contributed by atoms with Gasteiger partial charge in [0.2, 0.25) is 0 Å². The Morgan fingerprint density at radius 1 is 0.351 bits per heavy atom. The van der Waals surface area contributed by atoms with Crippen molar-refractivity contribution in [3.8, 4) is 22.3 Å². The molecule has 0 bridgehead atoms. The molecule has 74 heavy (non-hydrogen) atoms. The number of fused-ring (bicyclic) bond motifs is 11. The molecule has 2 aliphatic carbocycles. The van der Waals surface area contributed by atoms with Gasteiger partial charge in [-0.3, -0.25) is 0 Å². The first-order chi connectivity index (χ1) is 36.7. The first-order valence-corrected chi connectivity index (χ1v) is 25.5. The molecule has 2 aromatic heterocycles. The fraction of sp³-hybridized carbons (Fsp3) is 0.0286. The molecule has 4 nitrogen and oxygen atoms in total. The largest absolute Gasteiger partial charge is 0.458 e. The number of allylic oxidation sites excluding steroid dienone is 5. The molecule has 0 aliphatic heterocycles. The molecule has 0 saturated heterocycles. The van der Waals surface area contributed by atoms with Crippen LogP contribution in [0.5, 0.6) is 0 Å². The second-order valence-electron chi connectivity index (χ2n) is 19.6. The summed E-state index contributed by atoms with van der Waals surface area (Å²) in [6.45, 7) is 0. The normalized spacial score (nSPS) is 14.9. The van der Waals surface area contributed by atoms with Crippen molar-refractivity contribution in [1.82, 2.24) is 0 Å². The maximum absolute atomic E-state index is 7.32. The van der Waals surface area contributed by atoms with E-state index in [1.807, 2.05) is 0 Å². The van der Waals surface area contributed by atoms with E-state index >= 15 is 0 Å². The molecule has 4 heteroatoms. The Hall–Kier alpha value is -9.64. The molecule has 0 radical (unpaired) electrons. The molecule has 348 valence electrons. The number of anilines is 6. The monoisotopic (exact) mass is 946 g/mol. The quantitative estimate of drug-likeness (QED) is 0.152. The van der Waals surface area contributed by atoms with Gasteiger partial charge in [0.1, 0.15) is 22.6 Å². The van der Waals surface area contributed by atoms with Crippen LogP contribution in [-0.4, -0.2) is 0 Å². The van der Waals surface area contributed by atoms with Gasteiger partial charge in [-0.25, -0.2) is 0 Å². The Morgan fingerprint density at radius 2 is 0.919 bits per heavy atom. The van der Waals surface area contributed by atoms with Crippen LogP contribution in [0.2, 0.25) is 0 Å². The van der Waals surface area contributed by atoms with E-state index in [1.54, 1.807) is 0 Å². The average Bonchev–Trinajstić information content (AvgIpc) is 4.07. The van der Waals surface area contributed by atoms with Gasteiger partial charge in [0.15, 0.2) is 5.58 Å². The summed E-state index contributed by atoms with van der Waals surface area (Å²) in [6.07, 6.45) is 13.4. The highest BCUT2D eigenvalue weighted by molar-refractivity contribution is 6.23. The van der Waals surface area contributed by atoms with E-state index in [-0.39, 0.29) is 11.8 Å². The molecule has 2 heterocycles. The summed E-state index contributed by atoms with van der Waals surface area (Å²) < 4.78 is 14.5. The summed E-state index contributed by atoms with van der Waals surface area (Å²) in [5.41, 5.74) is 14.5. The zero-order valence-electron chi connectivity index (χ0n) is 40.3. The van der Waals surface area contributed by atoms with Crippen LogP contribution >= 0.6 is 0 Å². The fourth-order valence-electron chi connectivity index (χ4n) is 11.8. The summed E-state index contributed by atoms with van der Waals surface area (Å²) in [4.78, 5) is 4.71. The minimum atomic E-state index is 0.101. The highest BCUT2D eigenvalue weighted by Crippen LogP contribution is 2.53. The van der Waals surface area contributed by atoms with Crippen LogP contribution in [0.4, 0.5) is 34.1 Å². The molecule has 0 saturated carbocycles. The van der Waals surface area contributed by atoms with Crippen LogP contribution in [0.1, 0.15) is 17.2 Å². The molecular weight excluding hydrogens is 901 g/mol. The number of furan rings is 2. The third kappa shape index (κ3) is 6.83. The first kappa shape index (κ1) is 42.1. The maximum atomic E-state index is 7.32. The van der Waals surface area contributed by atoms with Crippen molar-refractivity contribution < 1.29 is 8.83 Å². The van der Waals surface area contributed by atoms with E-state index in [2.05, 4.69) is 277 Å². The lowest BCUT2D eigenvalue weighted by molar-refractivity contribution is 0.492. The molecular formula is C70H46N2O2. The molecule has 2 atom stereocenters. The summed E-state index contributed by atoms with van der Waals surface area (Å²) in [5, 5.41) is 10.2. The van der Waals surface area contributed by atoms with Gasteiger partial charge >= 0.3 is 0 Å². The van der Waals surface area contributed by atoms with Crippen molar-refractivity contribution in [2.45, 2.75) is 5.92 Å². The Balaban J connectivity index is 0.911. The van der Waals surface area contributed by atoms with Crippen molar-refractivity contribution in [3.05, 3.63) is 272 Å². The van der Waals surface area contributed by atoms with Gasteiger partial charge in [-0.2, -0.15) is 0 Å². The first-order valence-electron chi connectivity index (χ1n) is 25.5. The van der Waals surface area contributed by atoms with Crippen molar-refractivity contribution in [2.24, 2.45) is 5.92 Å². The van der Waals surface area contributed by atoms with E-state index in [1.165, 1.54) is 38.2 Å². The smallest absolute Gasteiger partial charge is 0.159 e. The van der Waals surface area contributed by atoms with Gasteiger partial charge in [-0.15, -0.1) is 0 Å². The van der Waals surface area contributed by atoms with E-state index in [4.69, 9.17) is 8.83 Å². The second-order valence-corrected chi connectivity index (χ2v) is 19.6. The second kappa shape index (κ2) is 17.0. The van der Waals surface area contributed by atoms with Gasteiger partial charge in [0.25, 0.3) is 0 Å². The predicted molar refractivity (Wildman–Crippen MR) is 310 cm³/mol. The molecule has 11 aromatic carbocycles. The molecule has 15 rings (SSSR count). The van der Waals surface area contributed by atoms with Crippen molar-refractivity contribution in [2.75, 3.05) is 9.80 Å². The minimum absolute atomic E-state index is 0.101. The van der Waals surface area contributed by atoms with Gasteiger partial charge in [-0.05, 0) is 133 Å². The molecule has 0 amide bonds. The zero-order chi connectivity index (χ0) is 48.7. The third-order valence-electron chi connectivity index (χ3n) is 15.3. The number of hydrogen-bond acceptors (Lipinski definition) is 4. The number of rotatable bonds is 8. The summed E-state index contributed by atoms with van der Waals surface area (Å²) in [5.74, 6) is 1.31. The topological polar surface area (TPSA) is 32.8 Å². The van der Waals surface area contributed by atoms with E-state index in [0.717, 1.165) is 94.7 Å². The number of nitrogens with zero attached hydrogens (tertiary/aromatic N) is 2. The standard InChI is InChI=1S/C70H46N2O2/c1-3-20-52(21-4-1)71(54-35-29-48(30-36-54)59-27-13-18-45-15-7-10-24-57(45)59)56-39-33-50-42-64-65(43-51(50)41-56)73-66-44-63-62-40-34-47-17-9-12-26-61(47)69(62)74-70(63)68(67(64)66)72(53-22-5-2-6-23-53)55-37-31-49(32-38-55)60-28-14-19-46-16-8-11-25-58(46)60/h1-44,47,61H. The molecule has 0 N–H and O–H groups in total. The van der Waals surface area contributed by atoms with Gasteiger partial charge in [0.05, 0.1) is 5.39 Å². The van der Waals surface area contributed by atoms with Gasteiger partial charge in [0, 0.05) is 56.6 Å². The lowest BCUT2D eigenvalue weighted by Crippen LogP contribution is -2.11. The Morgan fingerprint density at radius 3 is 1.59 bits per heavy atom. The molecule has 0 spiro atoms. The molecule has 2 aliphatic rings. The van der Waals surface area contributed by atoms with Crippen LogP contribution in [-0.2, 0) is 0 Å². The van der Waals surface area contributed by atoms with Crippen LogP contribution < -0.4 is 9.80 Å². The molecule has 2 unspecified atom stereocenters. The molecule has 0 fully saturated rings. The van der Waals surface area contributed by atoms with Crippen molar-refractivity contribution in [1.29, 1.82) is 0 Å². The van der Waals surface area contributed by atoms with Crippen molar-refractivity contribution in [3.63, 3.8) is 0 Å². The Bertz CT molecular complexity index is 4420. The van der Waals surface area contributed by atoms with Crippen LogP contribution in [0.3, 0.4) is 0 Å². The number of para-hydroxylation sites is 2. The SMILES string of the molecule is C1=CC2C=Cc3c(oc4c(N(c5ccccc5)c5ccc(-c6cccc7ccccc67)cc5)c5c(cc34)oc3cc4cc(N(c6ccccc6)c6ccc(-c7cccc8ccccc78)cc6)ccc4cc35)C2C=C1. The summed E-state index contributed by atoms with van der Waals surface area (Å²) >= 11 is 0. The minimum Gasteiger partial charge on any atom is -0.458 e. The van der Waals surface area contributed by atoms with E-state index < -0.39 is 0 Å². The van der Waals surface area contributed by atoms with E-state index in [0.29, 0.717) is 0 Å². The van der Waals surface area contributed by atoms with E-state index in [9.17, 15) is 0 Å². The Kier molecular flexibility index (Phi) is 9.67. The van der Waals surface area contributed by atoms with Gasteiger partial charge < -0.3 is 18.6 Å². The van der Waals surface area contributed by atoms with Gasteiger partial charge in [-0.1, -0.05) is 188 Å². The average molecular weight is 947 g/mol. The lowest BCUT2D eigenvalue weighted by atomic mass is 9.81. The number of benzene rings is 11.